The van der Waals surface area contributed by atoms with Gasteiger partial charge in [0, 0.05) is 5.56 Å². The molecule has 0 amide bonds. The molecule has 0 aliphatic rings. The number of halogens is 1. The van der Waals surface area contributed by atoms with Gasteiger partial charge in [0.05, 0.1) is 18.5 Å². The van der Waals surface area contributed by atoms with Crippen LogP contribution in [0.15, 0.2) is 65.6 Å². The van der Waals surface area contributed by atoms with Crippen LogP contribution in [0.1, 0.15) is 11.1 Å². The summed E-state index contributed by atoms with van der Waals surface area (Å²) in [5, 5.41) is 4.30. The molecule has 2 aromatic carbocycles. The summed E-state index contributed by atoms with van der Waals surface area (Å²) in [6.07, 6.45) is 1.55. The molecule has 0 unspecified atom stereocenters. The van der Waals surface area contributed by atoms with E-state index in [0.29, 0.717) is 23.2 Å². The molecule has 0 N–H and O–H groups in total. The highest BCUT2D eigenvalue weighted by atomic mass is 35.5. The zero-order chi connectivity index (χ0) is 17.8. The predicted molar refractivity (Wildman–Crippen MR) is 98.5 cm³/mol. The zero-order valence-corrected chi connectivity index (χ0v) is 14.8. The van der Waals surface area contributed by atoms with Crippen LogP contribution in [0.2, 0.25) is 5.02 Å². The molecule has 7 heteroatoms. The first-order chi connectivity index (χ1) is 12.0. The maximum Gasteiger partial charge on any atom is 0.286 e. The first kappa shape index (κ1) is 17.4. The molecule has 1 heterocycles. The molecule has 5 nitrogen and oxygen atoms in total. The predicted octanol–water partition coefficient (Wildman–Crippen LogP) is 2.72. The minimum atomic E-state index is -2.47. The lowest BCUT2D eigenvalue weighted by Gasteiger charge is -2.09. The third kappa shape index (κ3) is 4.15. The molecule has 0 aliphatic carbocycles. The van der Waals surface area contributed by atoms with Crippen molar-refractivity contribution in [2.75, 3.05) is 0 Å². The Labute approximate surface area is 151 Å². The van der Waals surface area contributed by atoms with E-state index in [4.69, 9.17) is 11.6 Å². The minimum absolute atomic E-state index is 0.0136. The third-order valence-corrected chi connectivity index (χ3v) is 4.73. The molecular formula is C18H15ClN2O3S. The molecule has 0 fully saturated rings. The van der Waals surface area contributed by atoms with E-state index < -0.39 is 10.7 Å². The van der Waals surface area contributed by atoms with Gasteiger partial charge in [-0.1, -0.05) is 66.2 Å². The molecule has 0 spiro atoms. The average Bonchev–Trinajstić information content (AvgIpc) is 2.61. The number of thiol groups is 1. The van der Waals surface area contributed by atoms with Gasteiger partial charge in [-0.15, -0.1) is 0 Å². The summed E-state index contributed by atoms with van der Waals surface area (Å²) >= 11 is 6.25. The van der Waals surface area contributed by atoms with Gasteiger partial charge in [0.1, 0.15) is 15.7 Å². The van der Waals surface area contributed by atoms with E-state index in [1.165, 1.54) is 4.68 Å². The molecule has 25 heavy (non-hydrogen) atoms. The smallest absolute Gasteiger partial charge is 0.266 e. The lowest BCUT2D eigenvalue weighted by molar-refractivity contribution is 0.614. The van der Waals surface area contributed by atoms with Gasteiger partial charge in [-0.3, -0.25) is 4.79 Å². The summed E-state index contributed by atoms with van der Waals surface area (Å²) in [4.78, 5) is 12.5. The monoisotopic (exact) mass is 374 g/mol. The van der Waals surface area contributed by atoms with E-state index in [1.807, 2.05) is 30.3 Å². The average molecular weight is 375 g/mol. The second kappa shape index (κ2) is 7.63. The van der Waals surface area contributed by atoms with Gasteiger partial charge in [-0.2, -0.15) is 5.10 Å². The van der Waals surface area contributed by atoms with Crippen molar-refractivity contribution in [3.8, 4) is 11.1 Å². The molecule has 1 aromatic heterocycles. The van der Waals surface area contributed by atoms with Crippen LogP contribution in [-0.4, -0.2) is 18.2 Å². The van der Waals surface area contributed by atoms with Gasteiger partial charge in [-0.05, 0) is 16.7 Å². The van der Waals surface area contributed by atoms with Crippen molar-refractivity contribution in [1.29, 1.82) is 0 Å². The highest BCUT2D eigenvalue weighted by Gasteiger charge is 2.11. The Morgan fingerprint density at radius 2 is 1.64 bits per heavy atom. The van der Waals surface area contributed by atoms with E-state index >= 15 is 0 Å². The number of hydrogen-bond donors (Lipinski definition) is 1. The third-order valence-electron chi connectivity index (χ3n) is 3.74. The molecule has 0 aliphatic heterocycles. The fourth-order valence-electron chi connectivity index (χ4n) is 2.47. The highest BCUT2D eigenvalue weighted by Crippen LogP contribution is 2.24. The summed E-state index contributed by atoms with van der Waals surface area (Å²) in [6, 6.07) is 16.4. The number of hydrogen-bond acceptors (Lipinski definition) is 4. The van der Waals surface area contributed by atoms with Gasteiger partial charge in [0.25, 0.3) is 5.56 Å². The maximum atomic E-state index is 12.5. The quantitative estimate of drug-likeness (QED) is 0.697. The Bertz CT molecular complexity index is 1000. The van der Waals surface area contributed by atoms with Crippen molar-refractivity contribution in [3.05, 3.63) is 87.3 Å². The van der Waals surface area contributed by atoms with E-state index in [9.17, 15) is 13.2 Å². The Morgan fingerprint density at radius 3 is 2.28 bits per heavy atom. The summed E-state index contributed by atoms with van der Waals surface area (Å²) in [7, 11) is -2.47. The van der Waals surface area contributed by atoms with Crippen LogP contribution >= 0.6 is 11.6 Å². The van der Waals surface area contributed by atoms with E-state index in [0.717, 1.165) is 5.56 Å². The first-order valence-electron chi connectivity index (χ1n) is 7.55. The molecule has 0 bridgehead atoms. The molecule has 0 radical (unpaired) electrons. The van der Waals surface area contributed by atoms with Gasteiger partial charge in [0.2, 0.25) is 0 Å². The normalized spacial score (nSPS) is 11.0. The summed E-state index contributed by atoms with van der Waals surface area (Å²) in [5.41, 5.74) is 2.51. The van der Waals surface area contributed by atoms with E-state index in [-0.39, 0.29) is 16.3 Å². The summed E-state index contributed by atoms with van der Waals surface area (Å²) < 4.78 is 22.9. The standard InChI is InChI=1S/C18H15ClN2O3S/c19-17-16(15-8-6-14(7-9-15)12-25(23)24)10-20-21(18(17)22)11-13-4-2-1-3-5-13/h1-10,25H,11-12H2. The zero-order valence-electron chi connectivity index (χ0n) is 13.1. The molecule has 0 saturated carbocycles. The molecule has 3 aromatic rings. The van der Waals surface area contributed by atoms with E-state index in [2.05, 4.69) is 5.10 Å². The van der Waals surface area contributed by atoms with Crippen molar-refractivity contribution in [1.82, 2.24) is 9.78 Å². The van der Waals surface area contributed by atoms with Crippen molar-refractivity contribution in [3.63, 3.8) is 0 Å². The van der Waals surface area contributed by atoms with Crippen LogP contribution in [0.25, 0.3) is 11.1 Å². The molecule has 0 saturated heterocycles. The van der Waals surface area contributed by atoms with Gasteiger partial charge < -0.3 is 0 Å². The number of aromatic nitrogens is 2. The Hall–Kier alpha value is -2.44. The Morgan fingerprint density at radius 1 is 0.960 bits per heavy atom. The van der Waals surface area contributed by atoms with Crippen LogP contribution < -0.4 is 5.56 Å². The molecule has 3 rings (SSSR count). The van der Waals surface area contributed by atoms with Crippen molar-refractivity contribution in [2.24, 2.45) is 0 Å². The Balaban J connectivity index is 1.91. The Kier molecular flexibility index (Phi) is 5.31. The van der Waals surface area contributed by atoms with Gasteiger partial charge in [0.15, 0.2) is 0 Å². The molecular weight excluding hydrogens is 360 g/mol. The fourth-order valence-corrected chi connectivity index (χ4v) is 3.24. The van der Waals surface area contributed by atoms with E-state index in [1.54, 1.807) is 30.5 Å². The molecule has 128 valence electrons. The first-order valence-corrected chi connectivity index (χ1v) is 9.29. The molecule has 0 atom stereocenters. The van der Waals surface area contributed by atoms with Gasteiger partial charge in [-0.25, -0.2) is 13.1 Å². The SMILES string of the molecule is O=c1c(Cl)c(-c2ccc(C[SH](=O)=O)cc2)cnn1Cc1ccccc1. The minimum Gasteiger partial charge on any atom is -0.266 e. The van der Waals surface area contributed by atoms with Crippen LogP contribution in [0, 0.1) is 0 Å². The van der Waals surface area contributed by atoms with Crippen LogP contribution in [-0.2, 0) is 23.0 Å². The van der Waals surface area contributed by atoms with Crippen LogP contribution in [0.5, 0.6) is 0 Å². The fraction of sp³-hybridized carbons (Fsp3) is 0.111. The summed E-state index contributed by atoms with van der Waals surface area (Å²) in [6.45, 7) is 0.342. The second-order valence-corrected chi connectivity index (χ2v) is 6.87. The number of rotatable bonds is 5. The summed E-state index contributed by atoms with van der Waals surface area (Å²) in [5.74, 6) is -0.0136. The lowest BCUT2D eigenvalue weighted by atomic mass is 10.1. The maximum absolute atomic E-state index is 12.5. The second-order valence-electron chi connectivity index (χ2n) is 5.51. The highest BCUT2D eigenvalue weighted by molar-refractivity contribution is 7.71. The van der Waals surface area contributed by atoms with Crippen molar-refractivity contribution >= 4 is 22.3 Å². The largest absolute Gasteiger partial charge is 0.286 e. The lowest BCUT2D eigenvalue weighted by Crippen LogP contribution is -2.24. The van der Waals surface area contributed by atoms with Gasteiger partial charge >= 0.3 is 0 Å². The van der Waals surface area contributed by atoms with Crippen molar-refractivity contribution in [2.45, 2.75) is 12.3 Å². The van der Waals surface area contributed by atoms with Crippen molar-refractivity contribution < 1.29 is 8.42 Å². The van der Waals surface area contributed by atoms with Crippen LogP contribution in [0.3, 0.4) is 0 Å². The number of benzene rings is 2. The number of nitrogens with zero attached hydrogens (tertiary/aromatic N) is 2. The van der Waals surface area contributed by atoms with Crippen LogP contribution in [0.4, 0.5) is 0 Å². The topological polar surface area (TPSA) is 69.0 Å².